The van der Waals surface area contributed by atoms with E-state index >= 15 is 0 Å². The molecule has 0 aliphatic carbocycles. The van der Waals surface area contributed by atoms with Crippen LogP contribution in [0.4, 0.5) is 50.3 Å². The molecular formula is C101H149N21O17S8. The lowest BCUT2D eigenvalue weighted by atomic mass is 9.97. The lowest BCUT2D eigenvalue weighted by Gasteiger charge is -2.42. The number of rotatable bonds is 28. The highest BCUT2D eigenvalue weighted by atomic mass is 32.2. The van der Waals surface area contributed by atoms with Crippen LogP contribution in [0.2, 0.25) is 0 Å². The lowest BCUT2D eigenvalue weighted by Crippen LogP contribution is -2.56. The van der Waals surface area contributed by atoms with Gasteiger partial charge in [-0.25, -0.2) is 62.3 Å². The molecule has 8 heterocycles. The third-order valence-electron chi connectivity index (χ3n) is 26.7. The molecule has 0 unspecified atom stereocenters. The minimum atomic E-state index is -4.14. The number of esters is 1. The van der Waals surface area contributed by atoms with Crippen LogP contribution in [0.5, 0.6) is 0 Å². The number of hydrogen-bond acceptors (Lipinski definition) is 25. The summed E-state index contributed by atoms with van der Waals surface area (Å²) < 4.78 is 121. The Balaban J connectivity index is 0.000000235. The van der Waals surface area contributed by atoms with Crippen LogP contribution >= 0.6 is 48.9 Å². The molecule has 8 aliphatic heterocycles. The Labute approximate surface area is 894 Å². The monoisotopic (exact) mass is 2180 g/mol. The minimum Gasteiger partial charge on any atom is -0.459 e. The number of anilines is 4. The number of aliphatic hydroxyl groups is 1. The number of piperidine rings is 4. The normalized spacial score (nSPS) is 19.2. The summed E-state index contributed by atoms with van der Waals surface area (Å²) >= 11 is 23.1. The smallest absolute Gasteiger partial charge is 0.425 e. The molecule has 46 heteroatoms. The molecular weight excluding hydrogens is 2040 g/mol. The summed E-state index contributed by atoms with van der Waals surface area (Å²) in [4.78, 5) is 114. The van der Waals surface area contributed by atoms with Crippen molar-refractivity contribution in [3.8, 4) is 0 Å². The van der Waals surface area contributed by atoms with Crippen LogP contribution < -0.4 is 19.6 Å². The van der Waals surface area contributed by atoms with Crippen LogP contribution in [0.1, 0.15) is 183 Å². The molecule has 5 amide bonds. The second-order valence-electron chi connectivity index (χ2n) is 42.9. The number of aryl methyl sites for hydroxylation is 4. The van der Waals surface area contributed by atoms with Gasteiger partial charge in [-0.2, -0.15) is 17.0 Å². The zero-order valence-electron chi connectivity index (χ0n) is 90.0. The van der Waals surface area contributed by atoms with E-state index in [1.54, 1.807) is 140 Å². The first-order chi connectivity index (χ1) is 68.1. The number of benzene rings is 4. The number of likely N-dealkylation sites (N-methyl/N-ethyl adjacent to an activating group) is 2. The predicted molar refractivity (Wildman–Crippen MR) is 592 cm³/mol. The van der Waals surface area contributed by atoms with E-state index in [0.717, 1.165) is 46.2 Å². The number of carbonyl (C=O) groups is 6. The van der Waals surface area contributed by atoms with Gasteiger partial charge in [-0.3, -0.25) is 43.6 Å². The van der Waals surface area contributed by atoms with Crippen molar-refractivity contribution in [3.63, 3.8) is 0 Å². The first kappa shape index (κ1) is 123. The molecule has 8 aliphatic rings. The number of thiocarbonyl (C=S) groups is 4. The van der Waals surface area contributed by atoms with Gasteiger partial charge in [0.15, 0.2) is 49.0 Å². The predicted octanol–water partition coefficient (Wildman–Crippen LogP) is 12.7. The molecule has 0 spiro atoms. The van der Waals surface area contributed by atoms with Crippen molar-refractivity contribution in [3.05, 3.63) is 141 Å². The summed E-state index contributed by atoms with van der Waals surface area (Å²) in [5.74, 6) is -1.75. The average Bonchev–Trinajstić information content (AvgIpc) is 1.60. The van der Waals surface area contributed by atoms with Gasteiger partial charge in [0.2, 0.25) is 30.1 Å². The largest absolute Gasteiger partial charge is 0.459 e. The van der Waals surface area contributed by atoms with E-state index in [1.165, 1.54) is 18.4 Å². The van der Waals surface area contributed by atoms with E-state index in [-0.39, 0.29) is 98.6 Å². The van der Waals surface area contributed by atoms with Gasteiger partial charge in [0.1, 0.15) is 33.4 Å². The molecule has 0 radical (unpaired) electrons. The lowest BCUT2D eigenvalue weighted by molar-refractivity contribution is -0.151. The fourth-order valence-electron chi connectivity index (χ4n) is 18.9. The Hall–Kier alpha value is -9.54. The SMILES string of the molecule is CN(C)CCO.[C-]#[N+]c1ccc(N2C(=O)C(C)(C)N(C3CCN(S(=O)(=O)CC(=O)OC(C)(C)C)CC3)C2=S)cc1C.[C-]#[N+]c1ccc(N2C(=O)C(C)(C)N(C3CCN(S(=O)(=O)CCCN(C)C)CC3)C2=S)cc1C.[C-]#[N+]c1ccc(N2C(=O)C(C)(C)N(C3CCN(S(=O)(=O)CCCN(C)C)CC3)C2=S)cc1C.[C-]#[N+]c1ccc(N2C(=O)C(C)(C)N(C3CCN(S(=O)(=O)N(CCN(C)C)C(=O)OC(C)(C)C)CC3)C2=S)cc1C. The van der Waals surface area contributed by atoms with E-state index in [4.69, 9.17) is 89.7 Å². The van der Waals surface area contributed by atoms with Gasteiger partial charge >= 0.3 is 22.3 Å². The van der Waals surface area contributed by atoms with E-state index in [2.05, 4.69) is 19.4 Å². The molecule has 0 aromatic heterocycles. The summed E-state index contributed by atoms with van der Waals surface area (Å²) in [7, 11) is 0.657. The number of aliphatic hydroxyl groups excluding tert-OH is 1. The van der Waals surface area contributed by atoms with Crippen LogP contribution in [0.15, 0.2) is 72.8 Å². The third kappa shape index (κ3) is 29.4. The molecule has 808 valence electrons. The van der Waals surface area contributed by atoms with E-state index in [9.17, 15) is 62.4 Å². The fraction of sp³-hybridized carbons (Fsp3) is 0.624. The molecule has 12 rings (SSSR count). The topological polar surface area (TPSA) is 350 Å². The maximum atomic E-state index is 13.6. The minimum absolute atomic E-state index is 0.0155. The Morgan fingerprint density at radius 1 is 0.381 bits per heavy atom. The van der Waals surface area contributed by atoms with Crippen LogP contribution in [0.3, 0.4) is 0 Å². The van der Waals surface area contributed by atoms with Gasteiger partial charge in [0, 0.05) is 112 Å². The molecule has 38 nitrogen and oxygen atoms in total. The third-order valence-corrected chi connectivity index (χ3v) is 35.8. The number of nitrogens with zero attached hydrogens (tertiary/aromatic N) is 21. The quantitative estimate of drug-likeness (QED) is 0.0313. The van der Waals surface area contributed by atoms with Gasteiger partial charge < -0.3 is 53.8 Å². The Morgan fingerprint density at radius 3 is 0.830 bits per heavy atom. The number of sulfonamides is 3. The summed E-state index contributed by atoms with van der Waals surface area (Å²) in [5.41, 5.74) is 2.62. The second kappa shape index (κ2) is 49.7. The molecule has 8 saturated heterocycles. The highest BCUT2D eigenvalue weighted by Crippen LogP contribution is 2.45. The van der Waals surface area contributed by atoms with Crippen LogP contribution in [0.25, 0.3) is 19.4 Å². The van der Waals surface area contributed by atoms with Crippen molar-refractivity contribution in [2.75, 3.05) is 185 Å². The van der Waals surface area contributed by atoms with Crippen molar-refractivity contribution in [2.24, 2.45) is 0 Å². The van der Waals surface area contributed by atoms with Crippen molar-refractivity contribution in [1.82, 2.24) is 60.7 Å². The van der Waals surface area contributed by atoms with Gasteiger partial charge in [0.05, 0.1) is 50.9 Å². The Kier molecular flexibility index (Phi) is 41.5. The number of carbonyl (C=O) groups excluding carboxylic acids is 6. The maximum absolute atomic E-state index is 13.6. The standard InChI is InChI=1S/C27H40N6O5S2.C24H32N4O5S2.2C23H33N5O3S2.C4H11NO/c1-19-18-21(10-11-22(19)28-7)32-23(34)27(5,6)33(24(32)39)20-12-14-30(15-13-20)40(36,37)31(17-16-29(8)9)25(35)38-26(2,3)4;1-16-14-18(8-9-19(16)25-7)27-21(30)24(5,6)28(22(27)34)17-10-12-26(13-11-17)35(31,32)15-20(29)33-23(2,3)4;2*1-17-16-19(8-9-20(17)24-4)27-21(29)23(2,3)28(22(27)32)18-10-13-26(14-11-18)33(30,31)15-7-12-25(5)6;1-5(2)3-4-6/h10-11,18,20H,12-17H2,1-6,8-9H3;8-9,14,17H,10-13,15H2,1-6H3;2*8-9,16,18H,7,10-15H2,1-3,5-6H3;6H,3-4H2,1-2H3. The maximum Gasteiger partial charge on any atom is 0.425 e. The number of amides is 5. The van der Waals surface area contributed by atoms with Crippen molar-refractivity contribution < 1.29 is 77.0 Å². The molecule has 8 fully saturated rings. The molecule has 1 N–H and O–H groups in total. The molecule has 147 heavy (non-hydrogen) atoms. The molecule has 0 saturated carbocycles. The van der Waals surface area contributed by atoms with Crippen molar-refractivity contribution in [1.29, 1.82) is 0 Å². The summed E-state index contributed by atoms with van der Waals surface area (Å²) in [6, 6.07) is 20.6. The van der Waals surface area contributed by atoms with E-state index in [1.807, 2.05) is 172 Å². The molecule has 4 aromatic rings. The Bertz CT molecular complexity index is 6030. The number of hydrogen-bond donors (Lipinski definition) is 1. The second-order valence-corrected chi connectivity index (χ2v) is 52.4. The number of ether oxygens (including phenoxy) is 2. The highest BCUT2D eigenvalue weighted by molar-refractivity contribution is 7.90. The summed E-state index contributed by atoms with van der Waals surface area (Å²) in [6.07, 6.45) is 4.56. The Morgan fingerprint density at radius 2 is 0.619 bits per heavy atom. The average molecular weight is 2190 g/mol. The highest BCUT2D eigenvalue weighted by Gasteiger charge is 2.58. The van der Waals surface area contributed by atoms with Crippen LogP contribution in [-0.4, -0.2) is 378 Å². The summed E-state index contributed by atoms with van der Waals surface area (Å²) in [5, 5.41) is 9.79. The first-order valence-electron chi connectivity index (χ1n) is 49.1. The summed E-state index contributed by atoms with van der Waals surface area (Å²) in [6.45, 7) is 66.5. The van der Waals surface area contributed by atoms with Crippen LogP contribution in [0, 0.1) is 54.0 Å². The van der Waals surface area contributed by atoms with Crippen LogP contribution in [-0.2, 0) is 73.7 Å². The molecule has 0 atom stereocenters. The van der Waals surface area contributed by atoms with E-state index < -0.39 is 91.5 Å². The van der Waals surface area contributed by atoms with Crippen molar-refractivity contribution in [2.45, 2.75) is 246 Å². The molecule has 4 aromatic carbocycles. The van der Waals surface area contributed by atoms with Gasteiger partial charge in [-0.05, 0) is 378 Å². The molecule has 0 bridgehead atoms. The van der Waals surface area contributed by atoms with Gasteiger partial charge in [-0.1, -0.05) is 24.3 Å². The van der Waals surface area contributed by atoms with E-state index in [0.29, 0.717) is 163 Å². The zero-order chi connectivity index (χ0) is 111. The zero-order valence-corrected chi connectivity index (χ0v) is 96.5. The van der Waals surface area contributed by atoms with Crippen molar-refractivity contribution >= 4 is 191 Å². The van der Waals surface area contributed by atoms with Gasteiger partial charge in [0.25, 0.3) is 23.6 Å². The van der Waals surface area contributed by atoms with Gasteiger partial charge in [-0.15, -0.1) is 0 Å². The first-order valence-corrected chi connectivity index (χ1v) is 56.9. The fourth-order valence-corrected chi connectivity index (χ4v) is 27.0.